The van der Waals surface area contributed by atoms with Crippen LogP contribution in [-0.2, 0) is 24.4 Å². The molecule has 1 aliphatic rings. The summed E-state index contributed by atoms with van der Waals surface area (Å²) in [6.07, 6.45) is 8.11. The van der Waals surface area contributed by atoms with E-state index in [2.05, 4.69) is 4.98 Å². The highest BCUT2D eigenvalue weighted by molar-refractivity contribution is 5.79. The van der Waals surface area contributed by atoms with E-state index in [1.807, 2.05) is 29.0 Å². The topological polar surface area (TPSA) is 51.3 Å². The van der Waals surface area contributed by atoms with Crippen molar-refractivity contribution in [3.63, 3.8) is 0 Å². The number of carbonyl (C=O) groups excluding carboxylic acids is 1. The Labute approximate surface area is 157 Å². The summed E-state index contributed by atoms with van der Waals surface area (Å²) in [7, 11) is 0. The summed E-state index contributed by atoms with van der Waals surface area (Å²) in [5, 5.41) is 0. The van der Waals surface area contributed by atoms with Crippen molar-refractivity contribution in [2.24, 2.45) is 5.92 Å². The van der Waals surface area contributed by atoms with E-state index in [-0.39, 0.29) is 17.6 Å². The molecular weight excluding hydrogens is 345 g/mol. The summed E-state index contributed by atoms with van der Waals surface area (Å²) in [4.78, 5) is 19.1. The maximum Gasteiger partial charge on any atom is 0.226 e. The summed E-state index contributed by atoms with van der Waals surface area (Å²) >= 11 is 0. The minimum absolute atomic E-state index is 0.0925. The Morgan fingerprint density at radius 1 is 1.22 bits per heavy atom. The van der Waals surface area contributed by atoms with Gasteiger partial charge < -0.3 is 13.9 Å². The van der Waals surface area contributed by atoms with E-state index in [0.717, 1.165) is 30.8 Å². The van der Waals surface area contributed by atoms with E-state index in [9.17, 15) is 9.18 Å². The molecule has 6 heteroatoms. The van der Waals surface area contributed by atoms with Gasteiger partial charge in [-0.15, -0.1) is 0 Å². The first-order valence-corrected chi connectivity index (χ1v) is 9.25. The van der Waals surface area contributed by atoms with E-state index in [4.69, 9.17) is 4.42 Å². The first kappa shape index (κ1) is 17.5. The van der Waals surface area contributed by atoms with Crippen LogP contribution in [0.1, 0.15) is 36.4 Å². The van der Waals surface area contributed by atoms with Gasteiger partial charge in [0.2, 0.25) is 5.91 Å². The number of aromatic nitrogens is 2. The number of hydrogen-bond donors (Lipinski definition) is 0. The number of rotatable bonds is 7. The number of benzene rings is 1. The molecule has 27 heavy (non-hydrogen) atoms. The van der Waals surface area contributed by atoms with Crippen LogP contribution in [0.5, 0.6) is 0 Å². The van der Waals surface area contributed by atoms with Gasteiger partial charge >= 0.3 is 0 Å². The number of nitrogens with zero attached hydrogens (tertiary/aromatic N) is 3. The molecular formula is C21H22FN3O2. The molecule has 5 nitrogen and oxygen atoms in total. The van der Waals surface area contributed by atoms with E-state index >= 15 is 0 Å². The van der Waals surface area contributed by atoms with E-state index < -0.39 is 0 Å². The maximum absolute atomic E-state index is 14.0. The lowest BCUT2D eigenvalue weighted by Gasteiger charge is -2.31. The zero-order valence-corrected chi connectivity index (χ0v) is 15.1. The zero-order valence-electron chi connectivity index (χ0n) is 15.1. The lowest BCUT2D eigenvalue weighted by Crippen LogP contribution is -2.38. The predicted molar refractivity (Wildman–Crippen MR) is 98.0 cm³/mol. The Kier molecular flexibility index (Phi) is 5.05. The van der Waals surface area contributed by atoms with Crippen LogP contribution in [0.15, 0.2) is 59.5 Å². The largest absolute Gasteiger partial charge is 0.467 e. The van der Waals surface area contributed by atoms with Crippen LogP contribution >= 0.6 is 0 Å². The van der Waals surface area contributed by atoms with Crippen molar-refractivity contribution in [1.82, 2.24) is 14.5 Å². The molecule has 0 bridgehead atoms. The number of halogens is 1. The van der Waals surface area contributed by atoms with Crippen LogP contribution in [0.4, 0.5) is 4.39 Å². The van der Waals surface area contributed by atoms with Crippen molar-refractivity contribution in [3.8, 4) is 0 Å². The summed E-state index contributed by atoms with van der Waals surface area (Å²) in [6, 6.07) is 10.4. The number of carbonyl (C=O) groups is 1. The molecule has 140 valence electrons. The minimum atomic E-state index is -0.241. The van der Waals surface area contributed by atoms with Gasteiger partial charge in [0.15, 0.2) is 0 Å². The molecule has 3 aromatic rings. The highest BCUT2D eigenvalue weighted by atomic mass is 19.1. The van der Waals surface area contributed by atoms with Gasteiger partial charge in [-0.1, -0.05) is 24.6 Å². The zero-order chi connectivity index (χ0) is 18.6. The second-order valence-corrected chi connectivity index (χ2v) is 6.96. The SMILES string of the molecule is O=C(C1CCC1)N(Cc1ccco1)Cc1nccn1Cc1ccccc1F. The second-order valence-electron chi connectivity index (χ2n) is 6.96. The fraction of sp³-hybridized carbons (Fsp3) is 0.333. The molecule has 0 spiro atoms. The summed E-state index contributed by atoms with van der Waals surface area (Å²) in [5.74, 6) is 1.47. The number of hydrogen-bond acceptors (Lipinski definition) is 3. The van der Waals surface area contributed by atoms with Crippen molar-refractivity contribution in [2.45, 2.75) is 38.9 Å². The van der Waals surface area contributed by atoms with Gasteiger partial charge in [-0.05, 0) is 31.0 Å². The molecule has 1 fully saturated rings. The highest BCUT2D eigenvalue weighted by Gasteiger charge is 2.30. The fourth-order valence-electron chi connectivity index (χ4n) is 3.33. The minimum Gasteiger partial charge on any atom is -0.467 e. The average molecular weight is 367 g/mol. The summed E-state index contributed by atoms with van der Waals surface area (Å²) < 4.78 is 21.3. The monoisotopic (exact) mass is 367 g/mol. The predicted octanol–water partition coefficient (Wildman–Crippen LogP) is 3.99. The van der Waals surface area contributed by atoms with E-state index in [0.29, 0.717) is 25.2 Å². The molecule has 1 aromatic carbocycles. The lowest BCUT2D eigenvalue weighted by atomic mass is 9.84. The van der Waals surface area contributed by atoms with Gasteiger partial charge in [0.05, 0.1) is 25.9 Å². The molecule has 1 amide bonds. The number of amides is 1. The molecule has 2 aromatic heterocycles. The van der Waals surface area contributed by atoms with Crippen LogP contribution in [0, 0.1) is 11.7 Å². The van der Waals surface area contributed by atoms with Gasteiger partial charge in [-0.25, -0.2) is 9.37 Å². The van der Waals surface area contributed by atoms with Crippen molar-refractivity contribution < 1.29 is 13.6 Å². The Bertz CT molecular complexity index is 900. The summed E-state index contributed by atoms with van der Waals surface area (Å²) in [6.45, 7) is 1.17. The third kappa shape index (κ3) is 3.94. The third-order valence-corrected chi connectivity index (χ3v) is 5.13. The molecule has 0 unspecified atom stereocenters. The maximum atomic E-state index is 14.0. The quantitative estimate of drug-likeness (QED) is 0.634. The average Bonchev–Trinajstić information content (AvgIpc) is 3.27. The van der Waals surface area contributed by atoms with Crippen molar-refractivity contribution >= 4 is 5.91 Å². The van der Waals surface area contributed by atoms with Gasteiger partial charge in [0.25, 0.3) is 0 Å². The molecule has 0 saturated heterocycles. The van der Waals surface area contributed by atoms with Crippen LogP contribution in [0.3, 0.4) is 0 Å². The smallest absolute Gasteiger partial charge is 0.226 e. The molecule has 1 saturated carbocycles. The van der Waals surface area contributed by atoms with Gasteiger partial charge in [0.1, 0.15) is 17.4 Å². The normalized spacial score (nSPS) is 14.1. The van der Waals surface area contributed by atoms with Crippen LogP contribution < -0.4 is 0 Å². The Hall–Kier alpha value is -2.89. The molecule has 0 aliphatic heterocycles. The number of imidazole rings is 1. The Morgan fingerprint density at radius 3 is 2.78 bits per heavy atom. The van der Waals surface area contributed by atoms with Crippen molar-refractivity contribution in [3.05, 3.63) is 78.0 Å². The van der Waals surface area contributed by atoms with Crippen LogP contribution in [0.2, 0.25) is 0 Å². The fourth-order valence-corrected chi connectivity index (χ4v) is 3.33. The standard InChI is InChI=1S/C21H22FN3O2/c22-19-9-2-1-5-17(19)13-24-11-10-23-20(24)15-25(14-18-8-4-12-27-18)21(26)16-6-3-7-16/h1-2,4-5,8-12,16H,3,6-7,13-15H2. The lowest BCUT2D eigenvalue weighted by molar-refractivity contribution is -0.139. The molecule has 4 rings (SSSR count). The van der Waals surface area contributed by atoms with Gasteiger partial charge in [0, 0.05) is 23.9 Å². The van der Waals surface area contributed by atoms with Crippen molar-refractivity contribution in [1.29, 1.82) is 0 Å². The number of furan rings is 1. The molecule has 0 radical (unpaired) electrons. The molecule has 0 N–H and O–H groups in total. The second kappa shape index (κ2) is 7.78. The van der Waals surface area contributed by atoms with Gasteiger partial charge in [-0.2, -0.15) is 0 Å². The first-order chi connectivity index (χ1) is 13.2. The van der Waals surface area contributed by atoms with Gasteiger partial charge in [-0.3, -0.25) is 4.79 Å². The van der Waals surface area contributed by atoms with E-state index in [1.54, 1.807) is 29.5 Å². The highest BCUT2D eigenvalue weighted by Crippen LogP contribution is 2.29. The summed E-state index contributed by atoms with van der Waals surface area (Å²) in [5.41, 5.74) is 0.597. The first-order valence-electron chi connectivity index (χ1n) is 9.25. The molecule has 1 aliphatic carbocycles. The van der Waals surface area contributed by atoms with E-state index in [1.165, 1.54) is 6.07 Å². The Balaban J connectivity index is 1.53. The molecule has 2 heterocycles. The van der Waals surface area contributed by atoms with Crippen LogP contribution in [-0.4, -0.2) is 20.4 Å². The van der Waals surface area contributed by atoms with Crippen LogP contribution in [0.25, 0.3) is 0 Å². The molecule has 0 atom stereocenters. The third-order valence-electron chi connectivity index (χ3n) is 5.13. The Morgan fingerprint density at radius 2 is 2.07 bits per heavy atom. The van der Waals surface area contributed by atoms with Crippen molar-refractivity contribution in [2.75, 3.05) is 0 Å².